The van der Waals surface area contributed by atoms with Crippen LogP contribution in [0.4, 0.5) is 0 Å². The molecule has 0 radical (unpaired) electrons. The summed E-state index contributed by atoms with van der Waals surface area (Å²) in [6, 6.07) is 6.81. The molecule has 1 heterocycles. The van der Waals surface area contributed by atoms with Crippen molar-refractivity contribution in [3.8, 4) is 12.3 Å². The lowest BCUT2D eigenvalue weighted by Crippen LogP contribution is -2.31. The van der Waals surface area contributed by atoms with E-state index < -0.39 is 11.2 Å². The minimum Gasteiger partial charge on any atom is -0.348 e. The molecule has 2 rings (SSSR count). The third-order valence-corrected chi connectivity index (χ3v) is 2.31. The predicted molar refractivity (Wildman–Crippen MR) is 63.6 cm³/mol. The van der Waals surface area contributed by atoms with Gasteiger partial charge in [-0.3, -0.25) is 14.3 Å². The predicted octanol–water partition coefficient (Wildman–Crippen LogP) is 0.297. The number of H-pyrrole nitrogens is 1. The van der Waals surface area contributed by atoms with Gasteiger partial charge in [-0.05, 0) is 12.1 Å². The smallest absolute Gasteiger partial charge is 0.330 e. The maximum Gasteiger partial charge on any atom is 0.330 e. The second kappa shape index (κ2) is 4.68. The summed E-state index contributed by atoms with van der Waals surface area (Å²) in [7, 11) is 0. The summed E-state index contributed by atoms with van der Waals surface area (Å²) in [5, 5.41) is 0.441. The second-order valence-corrected chi connectivity index (χ2v) is 3.39. The number of hydrogen-bond acceptors (Lipinski definition) is 3. The van der Waals surface area contributed by atoms with E-state index in [0.717, 1.165) is 0 Å². The molecular weight excluding hydrogens is 220 g/mol. The van der Waals surface area contributed by atoms with E-state index in [4.69, 9.17) is 11.2 Å². The maximum absolute atomic E-state index is 11.6. The van der Waals surface area contributed by atoms with Crippen molar-refractivity contribution in [2.75, 3.05) is 6.61 Å². The molecule has 0 amide bonds. The Morgan fingerprint density at radius 1 is 1.35 bits per heavy atom. The van der Waals surface area contributed by atoms with Crippen molar-refractivity contribution >= 4 is 10.9 Å². The first-order valence-electron chi connectivity index (χ1n) is 4.97. The number of benzene rings is 1. The van der Waals surface area contributed by atoms with Crippen LogP contribution in [-0.4, -0.2) is 16.2 Å². The topological polar surface area (TPSA) is 64.1 Å². The number of aromatic amines is 1. The van der Waals surface area contributed by atoms with Crippen LogP contribution >= 0.6 is 0 Å². The van der Waals surface area contributed by atoms with Crippen LogP contribution in [0.25, 0.3) is 10.9 Å². The van der Waals surface area contributed by atoms with Crippen molar-refractivity contribution in [2.45, 2.75) is 6.73 Å². The molecule has 0 saturated carbocycles. The zero-order valence-electron chi connectivity index (χ0n) is 8.97. The monoisotopic (exact) mass is 230 g/mol. The molecule has 0 aliphatic heterocycles. The Kier molecular flexibility index (Phi) is 3.08. The molecule has 5 heteroatoms. The van der Waals surface area contributed by atoms with E-state index in [1.807, 2.05) is 0 Å². The van der Waals surface area contributed by atoms with Crippen LogP contribution in [0.5, 0.6) is 0 Å². The maximum atomic E-state index is 11.6. The summed E-state index contributed by atoms with van der Waals surface area (Å²) in [5.41, 5.74) is -0.386. The first kappa shape index (κ1) is 11.2. The van der Waals surface area contributed by atoms with Crippen molar-refractivity contribution in [1.82, 2.24) is 9.55 Å². The van der Waals surface area contributed by atoms with E-state index in [-0.39, 0.29) is 13.3 Å². The molecule has 0 unspecified atom stereocenters. The van der Waals surface area contributed by atoms with Gasteiger partial charge in [-0.2, -0.15) is 0 Å². The number of nitrogens with one attached hydrogen (secondary N) is 1. The quantitative estimate of drug-likeness (QED) is 0.609. The molecular formula is C12H10N2O3. The van der Waals surface area contributed by atoms with E-state index in [0.29, 0.717) is 10.9 Å². The summed E-state index contributed by atoms with van der Waals surface area (Å²) in [6.45, 7) is 0.125. The molecule has 0 aliphatic rings. The van der Waals surface area contributed by atoms with E-state index in [1.165, 1.54) is 4.57 Å². The van der Waals surface area contributed by atoms with Gasteiger partial charge in [-0.25, -0.2) is 4.79 Å². The fourth-order valence-corrected chi connectivity index (χ4v) is 1.57. The minimum atomic E-state index is -0.509. The number of para-hydroxylation sites is 1. The molecule has 1 aromatic carbocycles. The van der Waals surface area contributed by atoms with Gasteiger partial charge < -0.3 is 4.74 Å². The molecule has 2 aromatic rings. The van der Waals surface area contributed by atoms with Crippen LogP contribution in [0.15, 0.2) is 33.9 Å². The molecule has 0 bridgehead atoms. The molecule has 1 N–H and O–H groups in total. The van der Waals surface area contributed by atoms with Crippen molar-refractivity contribution < 1.29 is 4.74 Å². The molecule has 0 spiro atoms. The number of hydrogen-bond donors (Lipinski definition) is 1. The van der Waals surface area contributed by atoms with E-state index in [1.54, 1.807) is 24.3 Å². The number of fused-ring (bicyclic) bond motifs is 1. The van der Waals surface area contributed by atoms with Gasteiger partial charge in [0.05, 0.1) is 10.9 Å². The lowest BCUT2D eigenvalue weighted by molar-refractivity contribution is 0.104. The van der Waals surface area contributed by atoms with Gasteiger partial charge in [-0.15, -0.1) is 6.42 Å². The average Bonchev–Trinajstić information content (AvgIpc) is 2.33. The summed E-state index contributed by atoms with van der Waals surface area (Å²) in [6.07, 6.45) is 5.05. The Hall–Kier alpha value is -2.32. The van der Waals surface area contributed by atoms with Crippen molar-refractivity contribution in [3.05, 3.63) is 45.1 Å². The van der Waals surface area contributed by atoms with Gasteiger partial charge in [0.15, 0.2) is 0 Å². The number of ether oxygens (including phenoxy) is 1. The number of terminal acetylenes is 1. The summed E-state index contributed by atoms with van der Waals surface area (Å²) < 4.78 is 6.43. The highest BCUT2D eigenvalue weighted by Gasteiger charge is 2.05. The largest absolute Gasteiger partial charge is 0.348 e. The van der Waals surface area contributed by atoms with Crippen LogP contribution in [0.3, 0.4) is 0 Å². The van der Waals surface area contributed by atoms with Crippen LogP contribution in [-0.2, 0) is 11.5 Å². The Labute approximate surface area is 96.7 Å². The number of aromatic nitrogens is 2. The Bertz CT molecular complexity index is 691. The van der Waals surface area contributed by atoms with E-state index >= 15 is 0 Å². The fraction of sp³-hybridized carbons (Fsp3) is 0.167. The Balaban J connectivity index is 2.58. The third-order valence-electron chi connectivity index (χ3n) is 2.31. The van der Waals surface area contributed by atoms with Gasteiger partial charge in [0.25, 0.3) is 5.56 Å². The molecule has 0 atom stereocenters. The molecule has 0 aliphatic carbocycles. The minimum absolute atomic E-state index is 0.0142. The highest BCUT2D eigenvalue weighted by atomic mass is 16.5. The SMILES string of the molecule is C#CCOCn1c(=O)[nH]c(=O)c2ccccc21. The van der Waals surface area contributed by atoms with Crippen LogP contribution in [0.2, 0.25) is 0 Å². The van der Waals surface area contributed by atoms with Crippen molar-refractivity contribution in [3.63, 3.8) is 0 Å². The third kappa shape index (κ3) is 2.12. The average molecular weight is 230 g/mol. The van der Waals surface area contributed by atoms with E-state index in [2.05, 4.69) is 10.9 Å². The first-order valence-corrected chi connectivity index (χ1v) is 4.97. The van der Waals surface area contributed by atoms with Gasteiger partial charge in [0, 0.05) is 0 Å². The molecule has 1 aromatic heterocycles. The van der Waals surface area contributed by atoms with Crippen LogP contribution < -0.4 is 11.2 Å². The zero-order chi connectivity index (χ0) is 12.3. The second-order valence-electron chi connectivity index (χ2n) is 3.39. The molecule has 0 saturated heterocycles. The van der Waals surface area contributed by atoms with Gasteiger partial charge in [0.1, 0.15) is 13.3 Å². The molecule has 86 valence electrons. The molecule has 5 nitrogen and oxygen atoms in total. The van der Waals surface area contributed by atoms with E-state index in [9.17, 15) is 9.59 Å². The van der Waals surface area contributed by atoms with Gasteiger partial charge >= 0.3 is 5.69 Å². The lowest BCUT2D eigenvalue weighted by Gasteiger charge is -2.08. The zero-order valence-corrected chi connectivity index (χ0v) is 8.97. The standard InChI is InChI=1S/C12H10N2O3/c1-2-7-17-8-14-10-6-4-3-5-9(10)11(15)13-12(14)16/h1,3-6H,7-8H2,(H,13,15,16). The highest BCUT2D eigenvalue weighted by molar-refractivity contribution is 5.77. The fourth-order valence-electron chi connectivity index (χ4n) is 1.57. The van der Waals surface area contributed by atoms with Crippen molar-refractivity contribution in [2.24, 2.45) is 0 Å². The van der Waals surface area contributed by atoms with Gasteiger partial charge in [0.2, 0.25) is 0 Å². The Morgan fingerprint density at radius 2 is 2.12 bits per heavy atom. The number of rotatable bonds is 3. The first-order chi connectivity index (χ1) is 8.24. The van der Waals surface area contributed by atoms with Crippen LogP contribution in [0, 0.1) is 12.3 Å². The molecule has 17 heavy (non-hydrogen) atoms. The van der Waals surface area contributed by atoms with Crippen LogP contribution in [0.1, 0.15) is 0 Å². The highest BCUT2D eigenvalue weighted by Crippen LogP contribution is 2.06. The molecule has 0 fully saturated rings. The van der Waals surface area contributed by atoms with Crippen molar-refractivity contribution in [1.29, 1.82) is 0 Å². The lowest BCUT2D eigenvalue weighted by atomic mass is 10.2. The Morgan fingerprint density at radius 3 is 2.88 bits per heavy atom. The summed E-state index contributed by atoms with van der Waals surface area (Å²) in [5.74, 6) is 2.31. The van der Waals surface area contributed by atoms with Gasteiger partial charge in [-0.1, -0.05) is 18.1 Å². The number of nitrogens with zero attached hydrogens (tertiary/aromatic N) is 1. The normalized spacial score (nSPS) is 10.3. The summed E-state index contributed by atoms with van der Waals surface area (Å²) in [4.78, 5) is 25.4. The summed E-state index contributed by atoms with van der Waals surface area (Å²) >= 11 is 0.